The third-order valence-corrected chi connectivity index (χ3v) is 3.82. The lowest BCUT2D eigenvalue weighted by atomic mass is 9.74. The minimum Gasteiger partial charge on any atom is -0.396 e. The molecule has 17 heavy (non-hydrogen) atoms. The van der Waals surface area contributed by atoms with E-state index in [-0.39, 0.29) is 5.41 Å². The Balaban J connectivity index is 1.79. The number of aromatic nitrogens is 2. The van der Waals surface area contributed by atoms with Crippen LogP contribution in [0.2, 0.25) is 0 Å². The quantitative estimate of drug-likeness (QED) is 0.731. The number of imidazole rings is 1. The molecule has 1 aliphatic rings. The zero-order valence-corrected chi connectivity index (χ0v) is 10.6. The maximum atomic E-state index is 9.58. The first kappa shape index (κ1) is 12.6. The van der Waals surface area contributed by atoms with Crippen LogP contribution in [0.1, 0.15) is 43.6 Å². The van der Waals surface area contributed by atoms with Gasteiger partial charge in [-0.05, 0) is 19.8 Å². The lowest BCUT2D eigenvalue weighted by Crippen LogP contribution is -2.38. The second-order valence-corrected chi connectivity index (χ2v) is 5.32. The Hall–Kier alpha value is -0.870. The highest BCUT2D eigenvalue weighted by molar-refractivity contribution is 4.99. The fraction of sp³-hybridized carbons (Fsp3) is 0.769. The van der Waals surface area contributed by atoms with Gasteiger partial charge < -0.3 is 15.4 Å². The Kier molecular flexibility index (Phi) is 4.18. The van der Waals surface area contributed by atoms with Gasteiger partial charge in [0.25, 0.3) is 0 Å². The molecule has 1 aliphatic carbocycles. The summed E-state index contributed by atoms with van der Waals surface area (Å²) in [6.07, 6.45) is 8.00. The Morgan fingerprint density at radius 3 is 2.76 bits per heavy atom. The average molecular weight is 237 g/mol. The fourth-order valence-corrected chi connectivity index (χ4v) is 2.72. The summed E-state index contributed by atoms with van der Waals surface area (Å²) >= 11 is 0. The van der Waals surface area contributed by atoms with Crippen molar-refractivity contribution >= 4 is 0 Å². The first-order chi connectivity index (χ1) is 8.24. The molecule has 1 fully saturated rings. The molecule has 4 nitrogen and oxygen atoms in total. The maximum Gasteiger partial charge on any atom is 0.103 e. The summed E-state index contributed by atoms with van der Waals surface area (Å²) in [5.41, 5.74) is 1.24. The lowest BCUT2D eigenvalue weighted by Gasteiger charge is -2.35. The van der Waals surface area contributed by atoms with Crippen LogP contribution in [0.15, 0.2) is 6.20 Å². The van der Waals surface area contributed by atoms with Gasteiger partial charge in [-0.2, -0.15) is 0 Å². The van der Waals surface area contributed by atoms with Crippen LogP contribution < -0.4 is 5.32 Å². The molecule has 0 aliphatic heterocycles. The number of hydrogen-bond acceptors (Lipinski definition) is 3. The minimum atomic E-state index is 0.118. The SMILES string of the molecule is Cc1ncc(CNCC2(CO)CCCCC2)[nH]1. The van der Waals surface area contributed by atoms with E-state index in [1.54, 1.807) is 0 Å². The number of nitrogens with one attached hydrogen (secondary N) is 2. The molecule has 0 bridgehead atoms. The molecule has 4 heteroatoms. The predicted molar refractivity (Wildman–Crippen MR) is 67.6 cm³/mol. The normalized spacial score (nSPS) is 19.4. The molecule has 0 aromatic carbocycles. The van der Waals surface area contributed by atoms with E-state index in [9.17, 15) is 5.11 Å². The van der Waals surface area contributed by atoms with Gasteiger partial charge in [0.1, 0.15) is 5.82 Å². The number of aliphatic hydroxyl groups excluding tert-OH is 1. The largest absolute Gasteiger partial charge is 0.396 e. The molecule has 0 atom stereocenters. The molecule has 1 aromatic rings. The van der Waals surface area contributed by atoms with Gasteiger partial charge in [0.05, 0.1) is 0 Å². The van der Waals surface area contributed by atoms with Gasteiger partial charge >= 0.3 is 0 Å². The molecule has 0 unspecified atom stereocenters. The first-order valence-corrected chi connectivity index (χ1v) is 6.56. The Labute approximate surface area is 103 Å². The van der Waals surface area contributed by atoms with Crippen LogP contribution in [0, 0.1) is 12.3 Å². The molecule has 2 rings (SSSR count). The Morgan fingerprint density at radius 1 is 1.41 bits per heavy atom. The van der Waals surface area contributed by atoms with E-state index in [0.29, 0.717) is 6.61 Å². The smallest absolute Gasteiger partial charge is 0.103 e. The minimum absolute atomic E-state index is 0.118. The zero-order valence-electron chi connectivity index (χ0n) is 10.6. The van der Waals surface area contributed by atoms with Crippen LogP contribution in [-0.4, -0.2) is 28.2 Å². The Morgan fingerprint density at radius 2 is 2.18 bits per heavy atom. The zero-order chi connectivity index (χ0) is 12.1. The molecule has 96 valence electrons. The topological polar surface area (TPSA) is 60.9 Å². The molecule has 0 saturated heterocycles. The molecule has 1 aromatic heterocycles. The second-order valence-electron chi connectivity index (χ2n) is 5.32. The van der Waals surface area contributed by atoms with Crippen molar-refractivity contribution in [3.63, 3.8) is 0 Å². The molecule has 0 spiro atoms. The van der Waals surface area contributed by atoms with E-state index >= 15 is 0 Å². The summed E-state index contributed by atoms with van der Waals surface area (Å²) in [4.78, 5) is 7.38. The van der Waals surface area contributed by atoms with Crippen LogP contribution in [0.4, 0.5) is 0 Å². The van der Waals surface area contributed by atoms with E-state index in [4.69, 9.17) is 0 Å². The number of rotatable bonds is 5. The fourth-order valence-electron chi connectivity index (χ4n) is 2.72. The summed E-state index contributed by atoms with van der Waals surface area (Å²) in [7, 11) is 0. The molecule has 1 heterocycles. The van der Waals surface area contributed by atoms with Gasteiger partial charge in [0, 0.05) is 37.0 Å². The number of nitrogens with zero attached hydrogens (tertiary/aromatic N) is 1. The number of aliphatic hydroxyl groups is 1. The third kappa shape index (κ3) is 3.30. The van der Waals surface area contributed by atoms with Gasteiger partial charge in [-0.3, -0.25) is 0 Å². The van der Waals surface area contributed by atoms with Crippen molar-refractivity contribution in [2.45, 2.75) is 45.6 Å². The standard InChI is InChI=1S/C13H23N3O/c1-11-15-8-12(16-11)7-14-9-13(10-17)5-3-2-4-6-13/h8,14,17H,2-7,9-10H2,1H3,(H,15,16). The lowest BCUT2D eigenvalue weighted by molar-refractivity contribution is 0.0810. The molecule has 0 amide bonds. The third-order valence-electron chi connectivity index (χ3n) is 3.82. The van der Waals surface area contributed by atoms with E-state index in [1.165, 1.54) is 19.3 Å². The van der Waals surface area contributed by atoms with Crippen molar-refractivity contribution in [1.29, 1.82) is 0 Å². The van der Waals surface area contributed by atoms with E-state index < -0.39 is 0 Å². The summed E-state index contributed by atoms with van der Waals surface area (Å²) < 4.78 is 0. The Bertz CT molecular complexity index is 342. The van der Waals surface area contributed by atoms with Crippen molar-refractivity contribution in [2.24, 2.45) is 5.41 Å². The number of hydrogen-bond donors (Lipinski definition) is 3. The van der Waals surface area contributed by atoms with Crippen molar-refractivity contribution in [3.05, 3.63) is 17.7 Å². The highest BCUT2D eigenvalue weighted by Crippen LogP contribution is 2.35. The summed E-state index contributed by atoms with van der Waals surface area (Å²) in [6, 6.07) is 0. The highest BCUT2D eigenvalue weighted by Gasteiger charge is 2.30. The van der Waals surface area contributed by atoms with Crippen LogP contribution >= 0.6 is 0 Å². The monoisotopic (exact) mass is 237 g/mol. The number of aromatic amines is 1. The van der Waals surface area contributed by atoms with Gasteiger partial charge in [-0.25, -0.2) is 4.98 Å². The summed E-state index contributed by atoms with van der Waals surface area (Å²) in [5, 5.41) is 13.0. The van der Waals surface area contributed by atoms with E-state index in [1.807, 2.05) is 13.1 Å². The van der Waals surface area contributed by atoms with Crippen LogP contribution in [0.25, 0.3) is 0 Å². The van der Waals surface area contributed by atoms with Gasteiger partial charge in [-0.15, -0.1) is 0 Å². The van der Waals surface area contributed by atoms with Gasteiger partial charge in [0.15, 0.2) is 0 Å². The predicted octanol–water partition coefficient (Wildman–Crippen LogP) is 1.75. The van der Waals surface area contributed by atoms with Crippen LogP contribution in [0.3, 0.4) is 0 Å². The maximum absolute atomic E-state index is 9.58. The van der Waals surface area contributed by atoms with Gasteiger partial charge in [0.2, 0.25) is 0 Å². The number of H-pyrrole nitrogens is 1. The molecular formula is C13H23N3O. The van der Waals surface area contributed by atoms with E-state index in [2.05, 4.69) is 15.3 Å². The molecular weight excluding hydrogens is 214 g/mol. The first-order valence-electron chi connectivity index (χ1n) is 6.56. The van der Waals surface area contributed by atoms with Crippen molar-refractivity contribution in [1.82, 2.24) is 15.3 Å². The highest BCUT2D eigenvalue weighted by atomic mass is 16.3. The van der Waals surface area contributed by atoms with Gasteiger partial charge in [-0.1, -0.05) is 19.3 Å². The second kappa shape index (κ2) is 5.65. The summed E-state index contributed by atoms with van der Waals surface area (Å²) in [5.74, 6) is 0.955. The summed E-state index contributed by atoms with van der Waals surface area (Å²) in [6.45, 7) is 3.98. The molecule has 1 saturated carbocycles. The molecule has 3 N–H and O–H groups in total. The molecule has 0 radical (unpaired) electrons. The van der Waals surface area contributed by atoms with Crippen molar-refractivity contribution < 1.29 is 5.11 Å². The van der Waals surface area contributed by atoms with Crippen LogP contribution in [-0.2, 0) is 6.54 Å². The number of aryl methyl sites for hydroxylation is 1. The average Bonchev–Trinajstić information content (AvgIpc) is 2.76. The van der Waals surface area contributed by atoms with Crippen molar-refractivity contribution in [3.8, 4) is 0 Å². The van der Waals surface area contributed by atoms with Crippen molar-refractivity contribution in [2.75, 3.05) is 13.2 Å². The van der Waals surface area contributed by atoms with Crippen LogP contribution in [0.5, 0.6) is 0 Å². The van der Waals surface area contributed by atoms with E-state index in [0.717, 1.165) is 37.4 Å².